The fraction of sp³-hybridized carbons (Fsp3) is 0.593. The van der Waals surface area contributed by atoms with Crippen LogP contribution in [0.25, 0.3) is 22.3 Å². The molecule has 2 aliphatic heterocycles. The lowest BCUT2D eigenvalue weighted by atomic mass is 9.70. The largest absolute Gasteiger partial charge is 0.346 e. The number of carbonyl (C=O) groups excluding carboxylic acids is 1. The molecule has 0 spiro atoms. The van der Waals surface area contributed by atoms with E-state index in [-0.39, 0.29) is 11.6 Å². The number of hydrogen-bond acceptors (Lipinski definition) is 6. The average Bonchev–Trinajstić information content (AvgIpc) is 3.67. The standard InChI is InChI=1S/C27H35N9O/c1-2-4-21-5-3-10-35(21)26(37)34-13-11-33(12-14-34)22-15-27(16-22,7-8-28)36-18-20(17-32-36)24-23-6-9-29-25(23)31-19-30-24/h6,9,17-19,21-22H,2-5,7,10-16H2,1H3,(H,29,30,31)/t21-,22?,27?/m0/s1. The molecule has 37 heavy (non-hydrogen) atoms. The molecule has 1 aliphatic carbocycles. The van der Waals surface area contributed by atoms with Gasteiger partial charge in [-0.05, 0) is 38.2 Å². The van der Waals surface area contributed by atoms with E-state index in [0.717, 1.165) is 93.5 Å². The number of nitrogens with zero attached hydrogens (tertiary/aromatic N) is 8. The predicted octanol–water partition coefficient (Wildman–Crippen LogP) is 3.59. The number of nitriles is 1. The molecule has 5 heterocycles. The molecule has 0 aromatic carbocycles. The van der Waals surface area contributed by atoms with E-state index in [9.17, 15) is 10.1 Å². The molecule has 0 radical (unpaired) electrons. The lowest BCUT2D eigenvalue weighted by molar-refractivity contribution is -0.0150. The minimum Gasteiger partial charge on any atom is -0.346 e. The third-order valence-corrected chi connectivity index (χ3v) is 8.68. The average molecular weight is 502 g/mol. The van der Waals surface area contributed by atoms with E-state index in [1.54, 1.807) is 6.33 Å². The van der Waals surface area contributed by atoms with Crippen molar-refractivity contribution in [2.24, 2.45) is 0 Å². The maximum atomic E-state index is 13.2. The first-order valence-corrected chi connectivity index (χ1v) is 13.6. The van der Waals surface area contributed by atoms with Crippen molar-refractivity contribution in [3.63, 3.8) is 0 Å². The van der Waals surface area contributed by atoms with Crippen LogP contribution in [0.2, 0.25) is 0 Å². The zero-order valence-corrected chi connectivity index (χ0v) is 21.5. The molecule has 194 valence electrons. The highest BCUT2D eigenvalue weighted by Crippen LogP contribution is 2.45. The van der Waals surface area contributed by atoms with Gasteiger partial charge in [0.25, 0.3) is 0 Å². The molecular formula is C27H35N9O. The first kappa shape index (κ1) is 23.9. The Balaban J connectivity index is 1.09. The maximum absolute atomic E-state index is 13.2. The number of urea groups is 1. The summed E-state index contributed by atoms with van der Waals surface area (Å²) in [5.74, 6) is 0. The van der Waals surface area contributed by atoms with Crippen molar-refractivity contribution >= 4 is 17.1 Å². The van der Waals surface area contributed by atoms with E-state index in [0.29, 0.717) is 18.5 Å². The lowest BCUT2D eigenvalue weighted by Gasteiger charge is -2.52. The van der Waals surface area contributed by atoms with Gasteiger partial charge in [-0.2, -0.15) is 10.4 Å². The summed E-state index contributed by atoms with van der Waals surface area (Å²) < 4.78 is 1.99. The second-order valence-corrected chi connectivity index (χ2v) is 10.8. The van der Waals surface area contributed by atoms with Crippen molar-refractivity contribution in [3.8, 4) is 17.3 Å². The fourth-order valence-corrected chi connectivity index (χ4v) is 6.62. The van der Waals surface area contributed by atoms with Gasteiger partial charge in [-0.1, -0.05) is 13.3 Å². The van der Waals surface area contributed by atoms with Crippen LogP contribution in [0, 0.1) is 11.3 Å². The zero-order valence-electron chi connectivity index (χ0n) is 21.5. The molecule has 10 heteroatoms. The van der Waals surface area contributed by atoms with Crippen molar-refractivity contribution in [1.82, 2.24) is 39.4 Å². The SMILES string of the molecule is CCC[C@H]1CCCN1C(=O)N1CCN(C2CC(CC#N)(n3cc(-c4ncnc5[nH]ccc45)cn3)C2)CC1. The number of fused-ring (bicyclic) bond motifs is 1. The molecule has 6 rings (SSSR count). The van der Waals surface area contributed by atoms with Crippen LogP contribution in [0.5, 0.6) is 0 Å². The number of H-pyrrole nitrogens is 1. The van der Waals surface area contributed by atoms with Crippen LogP contribution in [0.4, 0.5) is 4.79 Å². The van der Waals surface area contributed by atoms with E-state index in [1.807, 2.05) is 29.3 Å². The summed E-state index contributed by atoms with van der Waals surface area (Å²) in [7, 11) is 0. The van der Waals surface area contributed by atoms with Gasteiger partial charge in [0.05, 0.1) is 29.9 Å². The quantitative estimate of drug-likeness (QED) is 0.553. The molecule has 2 amide bonds. The summed E-state index contributed by atoms with van der Waals surface area (Å²) in [5, 5.41) is 15.3. The summed E-state index contributed by atoms with van der Waals surface area (Å²) in [6.45, 7) is 6.44. The number of nitrogens with one attached hydrogen (secondary N) is 1. The highest BCUT2D eigenvalue weighted by molar-refractivity contribution is 5.90. The van der Waals surface area contributed by atoms with Crippen LogP contribution in [0.15, 0.2) is 31.0 Å². The Labute approximate surface area is 217 Å². The molecule has 1 atom stereocenters. The van der Waals surface area contributed by atoms with E-state index >= 15 is 0 Å². The Morgan fingerprint density at radius 2 is 2.05 bits per heavy atom. The van der Waals surface area contributed by atoms with Gasteiger partial charge in [-0.3, -0.25) is 9.58 Å². The minimum atomic E-state index is -0.294. The van der Waals surface area contributed by atoms with E-state index in [1.165, 1.54) is 0 Å². The van der Waals surface area contributed by atoms with Gasteiger partial charge < -0.3 is 14.8 Å². The highest BCUT2D eigenvalue weighted by atomic mass is 16.2. The van der Waals surface area contributed by atoms with Gasteiger partial charge in [0.15, 0.2) is 0 Å². The van der Waals surface area contributed by atoms with Crippen LogP contribution in [0.1, 0.15) is 51.9 Å². The number of hydrogen-bond donors (Lipinski definition) is 1. The summed E-state index contributed by atoms with van der Waals surface area (Å²) in [6, 6.07) is 5.44. The van der Waals surface area contributed by atoms with Crippen LogP contribution in [-0.2, 0) is 5.54 Å². The molecule has 1 N–H and O–H groups in total. The summed E-state index contributed by atoms with van der Waals surface area (Å²) in [5.41, 5.74) is 2.29. The lowest BCUT2D eigenvalue weighted by Crippen LogP contribution is -2.61. The van der Waals surface area contributed by atoms with Crippen LogP contribution in [0.3, 0.4) is 0 Å². The monoisotopic (exact) mass is 501 g/mol. The van der Waals surface area contributed by atoms with Gasteiger partial charge in [0.2, 0.25) is 0 Å². The molecule has 0 bridgehead atoms. The fourth-order valence-electron chi connectivity index (χ4n) is 6.62. The molecule has 3 aliphatic rings. The molecule has 10 nitrogen and oxygen atoms in total. The van der Waals surface area contributed by atoms with Crippen molar-refractivity contribution in [1.29, 1.82) is 5.26 Å². The van der Waals surface area contributed by atoms with E-state index < -0.39 is 0 Å². The Bertz CT molecular complexity index is 1290. The molecule has 3 fully saturated rings. The molecular weight excluding hydrogens is 466 g/mol. The molecule has 1 saturated carbocycles. The van der Waals surface area contributed by atoms with E-state index in [4.69, 9.17) is 5.10 Å². The number of rotatable bonds is 6. The van der Waals surface area contributed by atoms with Crippen molar-refractivity contribution < 1.29 is 4.79 Å². The number of likely N-dealkylation sites (tertiary alicyclic amines) is 1. The number of aromatic amines is 1. The van der Waals surface area contributed by atoms with Gasteiger partial charge in [0, 0.05) is 68.2 Å². The second kappa shape index (κ2) is 9.78. The van der Waals surface area contributed by atoms with Crippen LogP contribution >= 0.6 is 0 Å². The molecule has 3 aromatic rings. The van der Waals surface area contributed by atoms with Gasteiger partial charge >= 0.3 is 6.03 Å². The first-order chi connectivity index (χ1) is 18.1. The third kappa shape index (κ3) is 4.25. The normalized spacial score (nSPS) is 26.4. The van der Waals surface area contributed by atoms with E-state index in [2.05, 4.69) is 42.6 Å². The Morgan fingerprint density at radius 3 is 2.84 bits per heavy atom. The Hall–Kier alpha value is -3.45. The van der Waals surface area contributed by atoms with Gasteiger partial charge in [-0.25, -0.2) is 14.8 Å². The Morgan fingerprint density at radius 1 is 1.22 bits per heavy atom. The van der Waals surface area contributed by atoms with Crippen molar-refractivity contribution in [2.75, 3.05) is 32.7 Å². The number of piperazine rings is 1. The maximum Gasteiger partial charge on any atom is 0.320 e. The first-order valence-electron chi connectivity index (χ1n) is 13.6. The molecule has 0 unspecified atom stereocenters. The van der Waals surface area contributed by atoms with Crippen molar-refractivity contribution in [2.45, 2.75) is 69.5 Å². The number of carbonyl (C=O) groups is 1. The third-order valence-electron chi connectivity index (χ3n) is 8.68. The second-order valence-electron chi connectivity index (χ2n) is 10.8. The van der Waals surface area contributed by atoms with Crippen molar-refractivity contribution in [3.05, 3.63) is 31.0 Å². The summed E-state index contributed by atoms with van der Waals surface area (Å²) in [4.78, 5) is 31.8. The zero-order chi connectivity index (χ0) is 25.4. The number of amides is 2. The summed E-state index contributed by atoms with van der Waals surface area (Å²) in [6.07, 6.45) is 14.0. The van der Waals surface area contributed by atoms with Crippen LogP contribution in [-0.4, -0.2) is 90.3 Å². The molecule has 2 saturated heterocycles. The van der Waals surface area contributed by atoms with Gasteiger partial charge in [-0.15, -0.1) is 0 Å². The van der Waals surface area contributed by atoms with Crippen LogP contribution < -0.4 is 0 Å². The minimum absolute atomic E-state index is 0.230. The number of aromatic nitrogens is 5. The Kier molecular flexibility index (Phi) is 6.32. The highest BCUT2D eigenvalue weighted by Gasteiger charge is 2.49. The smallest absolute Gasteiger partial charge is 0.320 e. The summed E-state index contributed by atoms with van der Waals surface area (Å²) >= 11 is 0. The van der Waals surface area contributed by atoms with Gasteiger partial charge in [0.1, 0.15) is 12.0 Å². The topological polar surface area (TPSA) is 110 Å². The predicted molar refractivity (Wildman–Crippen MR) is 140 cm³/mol. The molecule has 3 aromatic heterocycles.